The van der Waals surface area contributed by atoms with Crippen molar-refractivity contribution >= 4 is 0 Å². The lowest BCUT2D eigenvalue weighted by atomic mass is 9.98. The molecule has 2 unspecified atom stereocenters. The summed E-state index contributed by atoms with van der Waals surface area (Å²) in [5.41, 5.74) is 2.73. The molecule has 0 aliphatic heterocycles. The fourth-order valence-corrected chi connectivity index (χ4v) is 2.54. The van der Waals surface area contributed by atoms with Gasteiger partial charge in [0.1, 0.15) is 0 Å². The number of rotatable bonds is 9. The smallest absolute Gasteiger partial charge is 0.0596 e. The van der Waals surface area contributed by atoms with Crippen molar-refractivity contribution in [2.75, 3.05) is 27.2 Å². The van der Waals surface area contributed by atoms with Crippen LogP contribution in [-0.4, -0.2) is 44.3 Å². The minimum absolute atomic E-state index is 0.301. The highest BCUT2D eigenvalue weighted by atomic mass is 16.5. The van der Waals surface area contributed by atoms with E-state index in [1.807, 2.05) is 7.05 Å². The van der Waals surface area contributed by atoms with E-state index in [4.69, 9.17) is 4.74 Å². The summed E-state index contributed by atoms with van der Waals surface area (Å²) in [6, 6.07) is 9.70. The Morgan fingerprint density at radius 3 is 2.24 bits per heavy atom. The zero-order valence-electron chi connectivity index (χ0n) is 14.5. The highest BCUT2D eigenvalue weighted by molar-refractivity contribution is 5.26. The Bertz CT molecular complexity index is 389. The maximum Gasteiger partial charge on any atom is 0.0596 e. The van der Waals surface area contributed by atoms with E-state index in [2.05, 4.69) is 69.2 Å². The number of likely N-dealkylation sites (N-methyl/N-ethyl adjacent to an activating group) is 2. The van der Waals surface area contributed by atoms with E-state index in [1.54, 1.807) is 0 Å². The van der Waals surface area contributed by atoms with Crippen LogP contribution in [0.25, 0.3) is 0 Å². The lowest BCUT2D eigenvalue weighted by Gasteiger charge is -2.32. The zero-order chi connectivity index (χ0) is 15.8. The standard InChI is InChI=1S/C18H32N2O/c1-7-16-8-10-17(11-9-16)18(19-5)15(4)20(6)12-13-21-14(2)3/h8-11,14-15,18-19H,7,12-13H2,1-6H3. The normalized spacial score (nSPS) is 14.7. The summed E-state index contributed by atoms with van der Waals surface area (Å²) >= 11 is 0. The van der Waals surface area contributed by atoms with Crippen LogP contribution < -0.4 is 5.32 Å². The molecule has 0 saturated heterocycles. The molecule has 3 nitrogen and oxygen atoms in total. The monoisotopic (exact) mass is 292 g/mol. The first-order valence-electron chi connectivity index (χ1n) is 8.07. The van der Waals surface area contributed by atoms with E-state index in [0.717, 1.165) is 19.6 Å². The largest absolute Gasteiger partial charge is 0.377 e. The summed E-state index contributed by atoms with van der Waals surface area (Å²) in [5.74, 6) is 0. The van der Waals surface area contributed by atoms with Crippen LogP contribution >= 0.6 is 0 Å². The second-order valence-electron chi connectivity index (χ2n) is 6.00. The third-order valence-electron chi connectivity index (χ3n) is 4.13. The van der Waals surface area contributed by atoms with Crippen molar-refractivity contribution < 1.29 is 4.74 Å². The van der Waals surface area contributed by atoms with Crippen LogP contribution in [0.3, 0.4) is 0 Å². The van der Waals surface area contributed by atoms with Gasteiger partial charge in [-0.3, -0.25) is 4.90 Å². The summed E-state index contributed by atoms with van der Waals surface area (Å²) < 4.78 is 5.65. The van der Waals surface area contributed by atoms with Crippen molar-refractivity contribution in [3.05, 3.63) is 35.4 Å². The summed E-state index contributed by atoms with van der Waals surface area (Å²) in [4.78, 5) is 2.36. The molecule has 0 fully saturated rings. The van der Waals surface area contributed by atoms with Crippen LogP contribution in [0, 0.1) is 0 Å². The van der Waals surface area contributed by atoms with E-state index in [-0.39, 0.29) is 0 Å². The molecule has 2 atom stereocenters. The van der Waals surface area contributed by atoms with Gasteiger partial charge in [0.05, 0.1) is 12.7 Å². The number of hydrogen-bond donors (Lipinski definition) is 1. The van der Waals surface area contributed by atoms with Crippen LogP contribution in [-0.2, 0) is 11.2 Å². The van der Waals surface area contributed by atoms with Crippen LogP contribution in [0.4, 0.5) is 0 Å². The van der Waals surface area contributed by atoms with Crippen molar-refractivity contribution in [1.82, 2.24) is 10.2 Å². The fraction of sp³-hybridized carbons (Fsp3) is 0.667. The predicted molar refractivity (Wildman–Crippen MR) is 90.8 cm³/mol. The Kier molecular flexibility index (Phi) is 7.94. The maximum atomic E-state index is 5.65. The molecule has 0 amide bonds. The van der Waals surface area contributed by atoms with Gasteiger partial charge in [0.2, 0.25) is 0 Å². The van der Waals surface area contributed by atoms with Crippen molar-refractivity contribution in [3.8, 4) is 0 Å². The first-order valence-corrected chi connectivity index (χ1v) is 8.07. The summed E-state index contributed by atoms with van der Waals surface area (Å²) in [6.07, 6.45) is 1.39. The van der Waals surface area contributed by atoms with E-state index >= 15 is 0 Å². The number of nitrogens with zero attached hydrogens (tertiary/aromatic N) is 1. The Hall–Kier alpha value is -0.900. The third-order valence-corrected chi connectivity index (χ3v) is 4.13. The van der Waals surface area contributed by atoms with E-state index in [0.29, 0.717) is 18.2 Å². The topological polar surface area (TPSA) is 24.5 Å². The molecular formula is C18H32N2O. The first kappa shape index (κ1) is 18.1. The van der Waals surface area contributed by atoms with Gasteiger partial charge in [-0.25, -0.2) is 0 Å². The van der Waals surface area contributed by atoms with Crippen molar-refractivity contribution in [3.63, 3.8) is 0 Å². The highest BCUT2D eigenvalue weighted by Gasteiger charge is 2.21. The molecule has 0 spiro atoms. The van der Waals surface area contributed by atoms with Gasteiger partial charge >= 0.3 is 0 Å². The number of ether oxygens (including phenoxy) is 1. The van der Waals surface area contributed by atoms with Gasteiger partial charge < -0.3 is 10.1 Å². The molecule has 120 valence electrons. The Labute approximate surface area is 130 Å². The average Bonchev–Trinajstić information content (AvgIpc) is 2.48. The fourth-order valence-electron chi connectivity index (χ4n) is 2.54. The van der Waals surface area contributed by atoms with Crippen molar-refractivity contribution in [2.24, 2.45) is 0 Å². The minimum Gasteiger partial charge on any atom is -0.377 e. The minimum atomic E-state index is 0.301. The Balaban J connectivity index is 2.64. The molecule has 21 heavy (non-hydrogen) atoms. The molecule has 0 radical (unpaired) electrons. The summed E-state index contributed by atoms with van der Waals surface area (Å²) in [6.45, 7) is 10.3. The molecule has 0 aliphatic rings. The molecule has 1 aromatic carbocycles. The molecule has 1 N–H and O–H groups in total. The van der Waals surface area contributed by atoms with Gasteiger partial charge in [0.15, 0.2) is 0 Å². The zero-order valence-corrected chi connectivity index (χ0v) is 14.5. The van der Waals surface area contributed by atoms with Gasteiger partial charge in [0, 0.05) is 18.6 Å². The summed E-state index contributed by atoms with van der Waals surface area (Å²) in [5, 5.41) is 3.45. The summed E-state index contributed by atoms with van der Waals surface area (Å²) in [7, 11) is 4.20. The van der Waals surface area contributed by atoms with Gasteiger partial charge in [0.25, 0.3) is 0 Å². The van der Waals surface area contributed by atoms with Gasteiger partial charge in [-0.15, -0.1) is 0 Å². The molecule has 3 heteroatoms. The quantitative estimate of drug-likeness (QED) is 0.756. The number of aryl methyl sites for hydroxylation is 1. The number of benzene rings is 1. The lowest BCUT2D eigenvalue weighted by Crippen LogP contribution is -2.41. The van der Waals surface area contributed by atoms with Crippen LogP contribution in [0.2, 0.25) is 0 Å². The molecule has 0 saturated carbocycles. The third kappa shape index (κ3) is 5.77. The second-order valence-corrected chi connectivity index (χ2v) is 6.00. The van der Waals surface area contributed by atoms with E-state index in [1.165, 1.54) is 11.1 Å². The molecule has 0 bridgehead atoms. The molecule has 1 rings (SSSR count). The molecule has 0 aliphatic carbocycles. The molecular weight excluding hydrogens is 260 g/mol. The molecule has 1 aromatic rings. The van der Waals surface area contributed by atoms with E-state index in [9.17, 15) is 0 Å². The second kappa shape index (κ2) is 9.19. The van der Waals surface area contributed by atoms with Crippen LogP contribution in [0.5, 0.6) is 0 Å². The number of hydrogen-bond acceptors (Lipinski definition) is 3. The first-order chi connectivity index (χ1) is 9.99. The maximum absolute atomic E-state index is 5.65. The van der Waals surface area contributed by atoms with Crippen LogP contribution in [0.15, 0.2) is 24.3 Å². The van der Waals surface area contributed by atoms with Gasteiger partial charge in [-0.2, -0.15) is 0 Å². The van der Waals surface area contributed by atoms with Gasteiger partial charge in [-0.1, -0.05) is 31.2 Å². The highest BCUT2D eigenvalue weighted by Crippen LogP contribution is 2.20. The van der Waals surface area contributed by atoms with E-state index < -0.39 is 0 Å². The molecule has 0 heterocycles. The van der Waals surface area contributed by atoms with Crippen molar-refractivity contribution in [1.29, 1.82) is 0 Å². The van der Waals surface area contributed by atoms with Gasteiger partial charge in [-0.05, 0) is 52.4 Å². The lowest BCUT2D eigenvalue weighted by molar-refractivity contribution is 0.0537. The number of nitrogens with one attached hydrogen (secondary N) is 1. The predicted octanol–water partition coefficient (Wildman–Crippen LogP) is 3.25. The Morgan fingerprint density at radius 1 is 1.14 bits per heavy atom. The SMILES string of the molecule is CCc1ccc(C(NC)C(C)N(C)CCOC(C)C)cc1. The average molecular weight is 292 g/mol. The van der Waals surface area contributed by atoms with Crippen molar-refractivity contribution in [2.45, 2.75) is 52.3 Å². The molecule has 0 aromatic heterocycles. The van der Waals surface area contributed by atoms with Crippen LogP contribution in [0.1, 0.15) is 44.9 Å². The Morgan fingerprint density at radius 2 is 1.76 bits per heavy atom.